The van der Waals surface area contributed by atoms with E-state index in [1.165, 1.54) is 11.1 Å². The Labute approximate surface area is 283 Å². The molecule has 2 heterocycles. The molecule has 4 nitrogen and oxygen atoms in total. The van der Waals surface area contributed by atoms with Gasteiger partial charge in [0.05, 0.1) is 22.8 Å². The molecule has 0 fully saturated rings. The fraction of sp³-hybridized carbons (Fsp3) is 0.136. The number of hydrogen-bond donors (Lipinski definition) is 0. The highest BCUT2D eigenvalue weighted by molar-refractivity contribution is 5.72. The molecule has 5 aromatic carbocycles. The van der Waals surface area contributed by atoms with Crippen LogP contribution >= 0.6 is 0 Å². The summed E-state index contributed by atoms with van der Waals surface area (Å²) in [6.07, 6.45) is 0.818. The summed E-state index contributed by atoms with van der Waals surface area (Å²) in [5.74, 6) is 2.12. The second-order valence-corrected chi connectivity index (χ2v) is 12.6. The number of benzene rings is 5. The van der Waals surface area contributed by atoms with Crippen molar-refractivity contribution in [2.75, 3.05) is 0 Å². The molecule has 0 aliphatic heterocycles. The van der Waals surface area contributed by atoms with E-state index in [1.54, 1.807) is 0 Å². The van der Waals surface area contributed by atoms with Crippen LogP contribution in [0.2, 0.25) is 0 Å². The van der Waals surface area contributed by atoms with E-state index >= 15 is 0 Å². The van der Waals surface area contributed by atoms with Crippen LogP contribution in [0.25, 0.3) is 56.4 Å². The largest absolute Gasteiger partial charge is 0.233 e. The highest BCUT2D eigenvalue weighted by atomic mass is 14.9. The highest BCUT2D eigenvalue weighted by Crippen LogP contribution is 2.31. The molecular weight excluding hydrogens is 585 g/mol. The predicted molar refractivity (Wildman–Crippen MR) is 197 cm³/mol. The lowest BCUT2D eigenvalue weighted by Gasteiger charge is -2.15. The topological polar surface area (TPSA) is 51.6 Å². The molecule has 48 heavy (non-hydrogen) atoms. The van der Waals surface area contributed by atoms with Crippen LogP contribution in [0, 0.1) is 0 Å². The fourth-order valence-corrected chi connectivity index (χ4v) is 5.97. The van der Waals surface area contributed by atoms with Crippen molar-refractivity contribution in [3.63, 3.8) is 0 Å². The number of hydrogen-bond acceptors (Lipinski definition) is 4. The van der Waals surface area contributed by atoms with Crippen molar-refractivity contribution in [2.45, 2.75) is 39.0 Å². The molecule has 4 heteroatoms. The van der Waals surface area contributed by atoms with Crippen LogP contribution in [0.3, 0.4) is 0 Å². The van der Waals surface area contributed by atoms with E-state index in [0.717, 1.165) is 68.7 Å². The maximum atomic E-state index is 5.08. The van der Waals surface area contributed by atoms with Crippen LogP contribution < -0.4 is 0 Å². The lowest BCUT2D eigenvalue weighted by molar-refractivity contribution is 0.700. The van der Waals surface area contributed by atoms with Crippen LogP contribution in [0.5, 0.6) is 0 Å². The van der Waals surface area contributed by atoms with Gasteiger partial charge in [-0.05, 0) is 41.7 Å². The van der Waals surface area contributed by atoms with Gasteiger partial charge in [0, 0.05) is 33.7 Å². The van der Waals surface area contributed by atoms with E-state index in [2.05, 4.69) is 142 Å². The summed E-state index contributed by atoms with van der Waals surface area (Å²) in [5, 5.41) is 0. The Morgan fingerprint density at radius 2 is 0.854 bits per heavy atom. The molecule has 0 saturated carbocycles. The minimum absolute atomic E-state index is 0.116. The summed E-state index contributed by atoms with van der Waals surface area (Å²) in [4.78, 5) is 20.2. The van der Waals surface area contributed by atoms with Gasteiger partial charge in [-0.2, -0.15) is 0 Å². The van der Waals surface area contributed by atoms with Gasteiger partial charge in [-0.3, -0.25) is 0 Å². The van der Waals surface area contributed by atoms with E-state index in [4.69, 9.17) is 19.9 Å². The molecule has 0 amide bonds. The SMILES string of the molecule is CC(C)c1cccc(-c2nc(-c3ccccc3)cc(-c3ccc(CC(C)c4nc(-c5ccccc5)cc(-c5ccccc5)n4)cc3)n2)c1. The maximum absolute atomic E-state index is 5.08. The Hall–Kier alpha value is -5.74. The fourth-order valence-electron chi connectivity index (χ4n) is 5.97. The molecule has 1 unspecified atom stereocenters. The first-order valence-corrected chi connectivity index (χ1v) is 16.6. The second-order valence-electron chi connectivity index (χ2n) is 12.6. The quantitative estimate of drug-likeness (QED) is 0.161. The molecule has 0 spiro atoms. The molecule has 0 N–H and O–H groups in total. The number of rotatable bonds is 9. The van der Waals surface area contributed by atoms with Crippen molar-refractivity contribution in [1.29, 1.82) is 0 Å². The van der Waals surface area contributed by atoms with Crippen molar-refractivity contribution in [1.82, 2.24) is 19.9 Å². The van der Waals surface area contributed by atoms with Gasteiger partial charge in [0.2, 0.25) is 0 Å². The Morgan fingerprint density at radius 3 is 1.33 bits per heavy atom. The Balaban J connectivity index is 1.20. The zero-order valence-electron chi connectivity index (χ0n) is 27.6. The average Bonchev–Trinajstić information content (AvgIpc) is 3.16. The van der Waals surface area contributed by atoms with Gasteiger partial charge in [-0.15, -0.1) is 0 Å². The molecule has 0 bridgehead atoms. The van der Waals surface area contributed by atoms with Gasteiger partial charge in [-0.25, -0.2) is 19.9 Å². The summed E-state index contributed by atoms with van der Waals surface area (Å²) in [5.41, 5.74) is 11.5. The van der Waals surface area contributed by atoms with Gasteiger partial charge < -0.3 is 0 Å². The summed E-state index contributed by atoms with van der Waals surface area (Å²) in [6, 6.07) is 52.5. The molecule has 7 rings (SSSR count). The molecule has 0 radical (unpaired) electrons. The highest BCUT2D eigenvalue weighted by Gasteiger charge is 2.16. The smallest absolute Gasteiger partial charge is 0.160 e. The van der Waals surface area contributed by atoms with Crippen LogP contribution in [0.1, 0.15) is 49.6 Å². The molecule has 0 aliphatic carbocycles. The predicted octanol–water partition coefficient (Wildman–Crippen LogP) is 11.1. The second kappa shape index (κ2) is 13.9. The minimum Gasteiger partial charge on any atom is -0.233 e. The van der Waals surface area contributed by atoms with E-state index in [9.17, 15) is 0 Å². The Bertz CT molecular complexity index is 2070. The zero-order valence-corrected chi connectivity index (χ0v) is 27.6. The molecule has 1 atom stereocenters. The van der Waals surface area contributed by atoms with Crippen molar-refractivity contribution < 1.29 is 0 Å². The maximum Gasteiger partial charge on any atom is 0.160 e. The van der Waals surface area contributed by atoms with E-state index in [0.29, 0.717) is 5.92 Å². The van der Waals surface area contributed by atoms with Crippen molar-refractivity contribution in [3.8, 4) is 56.4 Å². The van der Waals surface area contributed by atoms with E-state index in [1.807, 2.05) is 30.3 Å². The first-order valence-electron chi connectivity index (χ1n) is 16.6. The van der Waals surface area contributed by atoms with Crippen molar-refractivity contribution in [3.05, 3.63) is 169 Å². The van der Waals surface area contributed by atoms with Crippen LogP contribution in [0.15, 0.2) is 152 Å². The van der Waals surface area contributed by atoms with Crippen molar-refractivity contribution in [2.24, 2.45) is 0 Å². The summed E-state index contributed by atoms with van der Waals surface area (Å²) < 4.78 is 0. The average molecular weight is 623 g/mol. The van der Waals surface area contributed by atoms with Crippen molar-refractivity contribution >= 4 is 0 Å². The summed E-state index contributed by atoms with van der Waals surface area (Å²) in [6.45, 7) is 6.63. The molecule has 234 valence electrons. The third-order valence-corrected chi connectivity index (χ3v) is 8.72. The number of nitrogens with zero attached hydrogens (tertiary/aromatic N) is 4. The monoisotopic (exact) mass is 622 g/mol. The summed E-state index contributed by atoms with van der Waals surface area (Å²) >= 11 is 0. The summed E-state index contributed by atoms with van der Waals surface area (Å²) in [7, 11) is 0. The number of aromatic nitrogens is 4. The molecule has 0 aliphatic rings. The van der Waals surface area contributed by atoms with Gasteiger partial charge in [0.15, 0.2) is 5.82 Å². The molecule has 2 aromatic heterocycles. The Morgan fingerprint density at radius 1 is 0.417 bits per heavy atom. The molecule has 0 saturated heterocycles. The third kappa shape index (κ3) is 6.98. The first kappa shape index (κ1) is 30.9. The van der Waals surface area contributed by atoms with Gasteiger partial charge in [0.1, 0.15) is 5.82 Å². The first-order chi connectivity index (χ1) is 23.5. The molecule has 7 aromatic rings. The minimum atomic E-state index is 0.116. The third-order valence-electron chi connectivity index (χ3n) is 8.72. The van der Waals surface area contributed by atoms with Gasteiger partial charge in [-0.1, -0.05) is 154 Å². The van der Waals surface area contributed by atoms with Crippen LogP contribution in [-0.2, 0) is 6.42 Å². The molecular formula is C44H38N4. The van der Waals surface area contributed by atoms with Crippen LogP contribution in [0.4, 0.5) is 0 Å². The standard InChI is InChI=1S/C44H38N4/c1-30(2)37-20-13-21-38(27-37)44-47-41(35-18-11-6-12-19-35)29-42(48-44)36-24-22-32(23-25-36)26-31(3)43-45-39(33-14-7-4-8-15-33)28-40(46-43)34-16-9-5-10-17-34/h4-25,27-31H,26H2,1-3H3. The van der Waals surface area contributed by atoms with Crippen LogP contribution in [-0.4, -0.2) is 19.9 Å². The lowest BCUT2D eigenvalue weighted by atomic mass is 9.97. The normalized spacial score (nSPS) is 11.8. The lowest BCUT2D eigenvalue weighted by Crippen LogP contribution is -2.06. The zero-order chi connectivity index (χ0) is 32.9. The van der Waals surface area contributed by atoms with Gasteiger partial charge in [0.25, 0.3) is 0 Å². The Kier molecular flexibility index (Phi) is 8.97. The van der Waals surface area contributed by atoms with E-state index < -0.39 is 0 Å². The van der Waals surface area contributed by atoms with E-state index in [-0.39, 0.29) is 5.92 Å². The van der Waals surface area contributed by atoms with Gasteiger partial charge >= 0.3 is 0 Å².